The molecule has 27 heavy (non-hydrogen) atoms. The Morgan fingerprint density at radius 3 is 3.07 bits per heavy atom. The summed E-state index contributed by atoms with van der Waals surface area (Å²) >= 11 is 0. The Labute approximate surface area is 157 Å². The number of nitrogens with zero attached hydrogens (tertiary/aromatic N) is 5. The number of hydrogen-bond donors (Lipinski definition) is 0. The second kappa shape index (κ2) is 7.00. The van der Waals surface area contributed by atoms with Crippen molar-refractivity contribution in [2.24, 2.45) is 18.4 Å². The number of pyridine rings is 1. The fourth-order valence-corrected chi connectivity index (χ4v) is 3.80. The van der Waals surface area contributed by atoms with Gasteiger partial charge in [-0.15, -0.1) is 0 Å². The van der Waals surface area contributed by atoms with Crippen LogP contribution in [0.3, 0.4) is 0 Å². The highest BCUT2D eigenvalue weighted by atomic mass is 16.5. The van der Waals surface area contributed by atoms with Crippen molar-refractivity contribution in [2.75, 3.05) is 32.9 Å². The average Bonchev–Trinajstić information content (AvgIpc) is 3.34. The van der Waals surface area contributed by atoms with E-state index in [0.717, 1.165) is 5.69 Å². The number of carbonyl (C=O) groups excluding carboxylic acids is 1. The summed E-state index contributed by atoms with van der Waals surface area (Å²) in [4.78, 5) is 18.8. The van der Waals surface area contributed by atoms with Crippen molar-refractivity contribution in [3.8, 4) is 11.9 Å². The summed E-state index contributed by atoms with van der Waals surface area (Å²) in [5.74, 6) is 0.815. The van der Waals surface area contributed by atoms with Crippen molar-refractivity contribution >= 4 is 5.91 Å². The van der Waals surface area contributed by atoms with Gasteiger partial charge in [0.15, 0.2) is 0 Å². The molecule has 0 bridgehead atoms. The number of likely N-dealkylation sites (tertiary alicyclic amines) is 1. The van der Waals surface area contributed by atoms with E-state index >= 15 is 0 Å². The first-order valence-electron chi connectivity index (χ1n) is 8.91. The van der Waals surface area contributed by atoms with Crippen LogP contribution in [-0.4, -0.2) is 58.5 Å². The van der Waals surface area contributed by atoms with Crippen LogP contribution >= 0.6 is 0 Å². The molecule has 0 N–H and O–H groups in total. The molecule has 140 valence electrons. The van der Waals surface area contributed by atoms with Gasteiger partial charge in [-0.2, -0.15) is 10.4 Å². The highest BCUT2D eigenvalue weighted by molar-refractivity contribution is 5.78. The van der Waals surface area contributed by atoms with Gasteiger partial charge in [0, 0.05) is 44.5 Å². The van der Waals surface area contributed by atoms with Gasteiger partial charge in [-0.05, 0) is 12.1 Å². The Bertz CT molecular complexity index is 872. The zero-order valence-corrected chi connectivity index (χ0v) is 15.2. The molecule has 2 aromatic rings. The van der Waals surface area contributed by atoms with Gasteiger partial charge in [0.2, 0.25) is 11.8 Å². The van der Waals surface area contributed by atoms with E-state index in [1.54, 1.807) is 16.8 Å². The van der Waals surface area contributed by atoms with Crippen LogP contribution in [0.1, 0.15) is 11.3 Å². The topological polar surface area (TPSA) is 93.3 Å². The molecule has 8 heteroatoms. The number of amides is 1. The zero-order valence-electron chi connectivity index (χ0n) is 15.2. The van der Waals surface area contributed by atoms with Crippen LogP contribution in [0.5, 0.6) is 5.88 Å². The number of carbonyl (C=O) groups is 1. The highest BCUT2D eigenvalue weighted by Gasteiger charge is 2.52. The van der Waals surface area contributed by atoms with Gasteiger partial charge in [-0.1, -0.05) is 0 Å². The second-order valence-electron chi connectivity index (χ2n) is 7.29. The van der Waals surface area contributed by atoms with Gasteiger partial charge < -0.3 is 14.4 Å². The molecule has 2 fully saturated rings. The SMILES string of the molecule is Cn1ccc(CC(=O)N2C[C@@H]3COC[C@]3(COc3ccc(C#N)cn3)C2)n1. The minimum Gasteiger partial charge on any atom is -0.477 e. The average molecular weight is 367 g/mol. The molecule has 1 amide bonds. The Kier molecular flexibility index (Phi) is 4.54. The molecule has 2 saturated heterocycles. The molecule has 0 radical (unpaired) electrons. The Balaban J connectivity index is 1.40. The van der Waals surface area contributed by atoms with Crippen molar-refractivity contribution < 1.29 is 14.3 Å². The summed E-state index contributed by atoms with van der Waals surface area (Å²) in [6, 6.07) is 7.28. The van der Waals surface area contributed by atoms with Gasteiger partial charge in [0.05, 0.1) is 42.9 Å². The smallest absolute Gasteiger partial charge is 0.228 e. The minimum atomic E-state index is -0.213. The summed E-state index contributed by atoms with van der Waals surface area (Å²) in [5.41, 5.74) is 1.06. The van der Waals surface area contributed by atoms with Crippen LogP contribution in [0.15, 0.2) is 30.6 Å². The molecule has 0 unspecified atom stereocenters. The van der Waals surface area contributed by atoms with Gasteiger partial charge in [-0.3, -0.25) is 9.48 Å². The standard InChI is InChI=1S/C19H21N5O3/c1-23-5-4-16(22-23)6-18(25)24-9-15-10-26-12-19(15,11-24)13-27-17-3-2-14(7-20)8-21-17/h2-5,8,15H,6,9-13H2,1H3/t15-,19+/m1/s1. The van der Waals surface area contributed by atoms with Gasteiger partial charge >= 0.3 is 0 Å². The maximum atomic E-state index is 12.7. The molecule has 0 saturated carbocycles. The summed E-state index contributed by atoms with van der Waals surface area (Å²) in [6.45, 7) is 2.93. The predicted octanol–water partition coefficient (Wildman–Crippen LogP) is 0.783. The van der Waals surface area contributed by atoms with Crippen LogP contribution in [0.2, 0.25) is 0 Å². The fourth-order valence-electron chi connectivity index (χ4n) is 3.80. The van der Waals surface area contributed by atoms with Crippen LogP contribution in [0.4, 0.5) is 0 Å². The fraction of sp³-hybridized carbons (Fsp3) is 0.474. The summed E-state index contributed by atoms with van der Waals surface area (Å²) in [6.07, 6.45) is 3.64. The van der Waals surface area contributed by atoms with Crippen LogP contribution in [0, 0.1) is 22.7 Å². The van der Waals surface area contributed by atoms with Crippen LogP contribution in [-0.2, 0) is 23.0 Å². The molecular formula is C19H21N5O3. The largest absolute Gasteiger partial charge is 0.477 e. The molecule has 2 aromatic heterocycles. The molecule has 2 atom stereocenters. The molecule has 4 heterocycles. The molecule has 0 aromatic carbocycles. The molecule has 4 rings (SSSR count). The van der Waals surface area contributed by atoms with Crippen molar-refractivity contribution in [1.29, 1.82) is 5.26 Å². The summed E-state index contributed by atoms with van der Waals surface area (Å²) < 4.78 is 13.3. The third kappa shape index (κ3) is 3.51. The lowest BCUT2D eigenvalue weighted by atomic mass is 9.82. The zero-order chi connectivity index (χ0) is 18.9. The first kappa shape index (κ1) is 17.5. The highest BCUT2D eigenvalue weighted by Crippen LogP contribution is 2.41. The maximum Gasteiger partial charge on any atom is 0.228 e. The number of aromatic nitrogens is 3. The maximum absolute atomic E-state index is 12.7. The van der Waals surface area contributed by atoms with E-state index in [2.05, 4.69) is 10.1 Å². The van der Waals surface area contributed by atoms with Crippen molar-refractivity contribution in [3.63, 3.8) is 0 Å². The molecule has 2 aliphatic rings. The Morgan fingerprint density at radius 1 is 1.48 bits per heavy atom. The lowest BCUT2D eigenvalue weighted by molar-refractivity contribution is -0.130. The molecule has 2 aliphatic heterocycles. The van der Waals surface area contributed by atoms with E-state index in [0.29, 0.717) is 50.8 Å². The molecule has 0 spiro atoms. The number of aryl methyl sites for hydroxylation is 1. The van der Waals surface area contributed by atoms with E-state index in [1.807, 2.05) is 30.3 Å². The first-order valence-corrected chi connectivity index (χ1v) is 8.91. The summed E-state index contributed by atoms with van der Waals surface area (Å²) in [7, 11) is 1.84. The van der Waals surface area contributed by atoms with Gasteiger partial charge in [0.1, 0.15) is 6.07 Å². The van der Waals surface area contributed by atoms with E-state index in [-0.39, 0.29) is 17.2 Å². The third-order valence-corrected chi connectivity index (χ3v) is 5.35. The molecule has 8 nitrogen and oxygen atoms in total. The lowest BCUT2D eigenvalue weighted by Gasteiger charge is -2.26. The first-order chi connectivity index (χ1) is 13.1. The molecule has 0 aliphatic carbocycles. The van der Waals surface area contributed by atoms with Gasteiger partial charge in [-0.25, -0.2) is 4.98 Å². The van der Waals surface area contributed by atoms with Gasteiger partial charge in [0.25, 0.3) is 0 Å². The molecular weight excluding hydrogens is 346 g/mol. The Hall–Kier alpha value is -2.92. The predicted molar refractivity (Wildman–Crippen MR) is 94.7 cm³/mol. The van der Waals surface area contributed by atoms with Crippen LogP contribution in [0.25, 0.3) is 0 Å². The third-order valence-electron chi connectivity index (χ3n) is 5.35. The van der Waals surface area contributed by atoms with Crippen molar-refractivity contribution in [3.05, 3.63) is 41.9 Å². The number of fused-ring (bicyclic) bond motifs is 1. The van der Waals surface area contributed by atoms with E-state index in [4.69, 9.17) is 14.7 Å². The minimum absolute atomic E-state index is 0.0824. The van der Waals surface area contributed by atoms with E-state index in [9.17, 15) is 4.79 Å². The number of nitriles is 1. The summed E-state index contributed by atoms with van der Waals surface area (Å²) in [5, 5.41) is 13.1. The number of rotatable bonds is 5. The quantitative estimate of drug-likeness (QED) is 0.775. The second-order valence-corrected chi connectivity index (χ2v) is 7.29. The normalized spacial score (nSPS) is 23.9. The van der Waals surface area contributed by atoms with E-state index in [1.165, 1.54) is 6.20 Å². The number of ether oxygens (including phenoxy) is 2. The lowest BCUT2D eigenvalue weighted by Crippen LogP contribution is -2.38. The van der Waals surface area contributed by atoms with Crippen molar-refractivity contribution in [2.45, 2.75) is 6.42 Å². The van der Waals surface area contributed by atoms with Crippen LogP contribution < -0.4 is 4.74 Å². The monoisotopic (exact) mass is 367 g/mol. The number of hydrogen-bond acceptors (Lipinski definition) is 6. The van der Waals surface area contributed by atoms with Crippen molar-refractivity contribution in [1.82, 2.24) is 19.7 Å². The Morgan fingerprint density at radius 2 is 2.37 bits per heavy atom. The van der Waals surface area contributed by atoms with E-state index < -0.39 is 0 Å².